The van der Waals surface area contributed by atoms with Gasteiger partial charge in [0.2, 0.25) is 5.91 Å². The first-order valence-corrected chi connectivity index (χ1v) is 7.55. The summed E-state index contributed by atoms with van der Waals surface area (Å²) in [5, 5.41) is 0. The molecular formula is C15H20BrNO. The summed E-state index contributed by atoms with van der Waals surface area (Å²) < 4.78 is 0. The molecule has 0 aromatic heterocycles. The molecule has 18 heavy (non-hydrogen) atoms. The minimum atomic E-state index is -0.0898. The average molecular weight is 310 g/mol. The van der Waals surface area contributed by atoms with E-state index in [0.717, 1.165) is 25.8 Å². The first-order chi connectivity index (χ1) is 8.61. The van der Waals surface area contributed by atoms with Crippen LogP contribution in [0.25, 0.3) is 0 Å². The molecular weight excluding hydrogens is 290 g/mol. The minimum absolute atomic E-state index is 0.0898. The van der Waals surface area contributed by atoms with Crippen molar-refractivity contribution in [2.75, 3.05) is 0 Å². The summed E-state index contributed by atoms with van der Waals surface area (Å²) in [6.07, 6.45) is 3.36. The van der Waals surface area contributed by atoms with Gasteiger partial charge in [0.05, 0.1) is 4.83 Å². The number of nitrogens with zero attached hydrogens (tertiary/aromatic N) is 1. The summed E-state index contributed by atoms with van der Waals surface area (Å²) in [5.41, 5.74) is 2.57. The fraction of sp³-hybridized carbons (Fsp3) is 0.533. The van der Waals surface area contributed by atoms with Gasteiger partial charge in [-0.3, -0.25) is 4.79 Å². The number of alkyl halides is 1. The van der Waals surface area contributed by atoms with Gasteiger partial charge in [-0.2, -0.15) is 0 Å². The summed E-state index contributed by atoms with van der Waals surface area (Å²) >= 11 is 3.38. The molecule has 1 aromatic carbocycles. The molecule has 1 unspecified atom stereocenters. The number of carbonyl (C=O) groups excluding carboxylic acids is 1. The highest BCUT2D eigenvalue weighted by Gasteiger charge is 2.33. The highest BCUT2D eigenvalue weighted by Crippen LogP contribution is 2.29. The number of carbonyl (C=O) groups is 1. The predicted octanol–water partition coefficient (Wildman–Crippen LogP) is 3.52. The normalized spacial score (nSPS) is 16.4. The zero-order chi connectivity index (χ0) is 13.1. The Morgan fingerprint density at radius 1 is 1.33 bits per heavy atom. The van der Waals surface area contributed by atoms with E-state index in [1.165, 1.54) is 11.1 Å². The maximum absolute atomic E-state index is 12.1. The van der Waals surface area contributed by atoms with Crippen LogP contribution in [0.4, 0.5) is 0 Å². The van der Waals surface area contributed by atoms with Crippen molar-refractivity contribution in [1.29, 1.82) is 0 Å². The quantitative estimate of drug-likeness (QED) is 0.762. The molecule has 1 saturated carbocycles. The molecule has 1 amide bonds. The van der Waals surface area contributed by atoms with Crippen molar-refractivity contribution in [2.45, 2.75) is 50.5 Å². The molecule has 1 atom stereocenters. The van der Waals surface area contributed by atoms with Gasteiger partial charge in [0.25, 0.3) is 0 Å². The molecule has 98 valence electrons. The highest BCUT2D eigenvalue weighted by molar-refractivity contribution is 9.10. The lowest BCUT2D eigenvalue weighted by molar-refractivity contribution is -0.131. The zero-order valence-electron chi connectivity index (χ0n) is 11.0. The lowest BCUT2D eigenvalue weighted by Crippen LogP contribution is -2.36. The van der Waals surface area contributed by atoms with E-state index in [9.17, 15) is 4.79 Å². The molecule has 0 bridgehead atoms. The minimum Gasteiger partial charge on any atom is -0.334 e. The number of benzene rings is 1. The van der Waals surface area contributed by atoms with E-state index in [4.69, 9.17) is 0 Å². The van der Waals surface area contributed by atoms with Crippen LogP contribution in [0.3, 0.4) is 0 Å². The molecule has 3 heteroatoms. The Balaban J connectivity index is 2.06. The van der Waals surface area contributed by atoms with Crippen LogP contribution in [0.5, 0.6) is 0 Å². The van der Waals surface area contributed by atoms with E-state index in [1.54, 1.807) is 0 Å². The zero-order valence-corrected chi connectivity index (χ0v) is 12.6. The molecule has 1 aliphatic rings. The van der Waals surface area contributed by atoms with Crippen molar-refractivity contribution in [3.8, 4) is 0 Å². The maximum Gasteiger partial charge on any atom is 0.236 e. The number of aryl methyl sites for hydroxylation is 1. The van der Waals surface area contributed by atoms with Gasteiger partial charge in [-0.15, -0.1) is 0 Å². The number of hydrogen-bond acceptors (Lipinski definition) is 1. The van der Waals surface area contributed by atoms with Crippen LogP contribution in [0.15, 0.2) is 24.3 Å². The lowest BCUT2D eigenvalue weighted by Gasteiger charge is -2.24. The van der Waals surface area contributed by atoms with E-state index in [1.807, 2.05) is 11.8 Å². The highest BCUT2D eigenvalue weighted by atomic mass is 79.9. The van der Waals surface area contributed by atoms with Crippen molar-refractivity contribution in [2.24, 2.45) is 0 Å². The Morgan fingerprint density at radius 2 is 1.89 bits per heavy atom. The van der Waals surface area contributed by atoms with Crippen molar-refractivity contribution in [1.82, 2.24) is 4.90 Å². The van der Waals surface area contributed by atoms with Gasteiger partial charge < -0.3 is 4.90 Å². The first-order valence-electron chi connectivity index (χ1n) is 6.64. The van der Waals surface area contributed by atoms with Gasteiger partial charge in [0.15, 0.2) is 0 Å². The summed E-state index contributed by atoms with van der Waals surface area (Å²) in [6, 6.07) is 9.05. The second-order valence-corrected chi connectivity index (χ2v) is 6.36. The summed E-state index contributed by atoms with van der Waals surface area (Å²) in [5.74, 6) is 0.206. The van der Waals surface area contributed by atoms with Gasteiger partial charge in [0, 0.05) is 12.6 Å². The number of amides is 1. The fourth-order valence-electron chi connectivity index (χ4n) is 2.08. The third-order valence-corrected chi connectivity index (χ3v) is 3.79. The summed E-state index contributed by atoms with van der Waals surface area (Å²) in [6.45, 7) is 4.79. The van der Waals surface area contributed by atoms with Crippen molar-refractivity contribution >= 4 is 21.8 Å². The Morgan fingerprint density at radius 3 is 2.33 bits per heavy atom. The van der Waals surface area contributed by atoms with Crippen LogP contribution in [-0.2, 0) is 17.8 Å². The molecule has 0 heterocycles. The standard InChI is InChI=1S/C15H20BrNO/c1-3-12-4-6-13(7-5-12)10-17(14-8-9-14)15(18)11(2)16/h4-7,11,14H,3,8-10H2,1-2H3. The molecule has 1 aromatic rings. The lowest BCUT2D eigenvalue weighted by atomic mass is 10.1. The predicted molar refractivity (Wildman–Crippen MR) is 77.8 cm³/mol. The van der Waals surface area contributed by atoms with Gasteiger partial charge in [0.1, 0.15) is 0 Å². The van der Waals surface area contributed by atoms with Crippen molar-refractivity contribution < 1.29 is 4.79 Å². The number of rotatable bonds is 5. The van der Waals surface area contributed by atoms with Gasteiger partial charge >= 0.3 is 0 Å². The number of hydrogen-bond donors (Lipinski definition) is 0. The van der Waals surface area contributed by atoms with Crippen molar-refractivity contribution in [3.05, 3.63) is 35.4 Å². The molecule has 0 saturated heterocycles. The average Bonchev–Trinajstić information content (AvgIpc) is 3.20. The number of halogens is 1. The third-order valence-electron chi connectivity index (χ3n) is 3.40. The van der Waals surface area contributed by atoms with Crippen LogP contribution in [-0.4, -0.2) is 21.7 Å². The van der Waals surface area contributed by atoms with Gasteiger partial charge in [-0.25, -0.2) is 0 Å². The first kappa shape index (κ1) is 13.6. The van der Waals surface area contributed by atoms with E-state index in [-0.39, 0.29) is 10.7 Å². The van der Waals surface area contributed by atoms with Crippen LogP contribution in [0, 0.1) is 0 Å². The fourth-order valence-corrected chi connectivity index (χ4v) is 2.34. The van der Waals surface area contributed by atoms with E-state index < -0.39 is 0 Å². The van der Waals surface area contributed by atoms with Gasteiger partial charge in [-0.1, -0.05) is 47.1 Å². The Bertz CT molecular complexity index is 409. The summed E-state index contributed by atoms with van der Waals surface area (Å²) in [4.78, 5) is 14.1. The molecule has 0 aliphatic heterocycles. The van der Waals surface area contributed by atoms with Gasteiger partial charge in [-0.05, 0) is 37.3 Å². The Hall–Kier alpha value is -0.830. The van der Waals surface area contributed by atoms with Crippen LogP contribution >= 0.6 is 15.9 Å². The monoisotopic (exact) mass is 309 g/mol. The van der Waals surface area contributed by atoms with E-state index in [2.05, 4.69) is 47.1 Å². The second kappa shape index (κ2) is 5.87. The molecule has 1 aliphatic carbocycles. The van der Waals surface area contributed by atoms with Crippen molar-refractivity contribution in [3.63, 3.8) is 0 Å². The third kappa shape index (κ3) is 3.35. The largest absolute Gasteiger partial charge is 0.334 e. The second-order valence-electron chi connectivity index (χ2n) is 4.98. The molecule has 1 fully saturated rings. The topological polar surface area (TPSA) is 20.3 Å². The van der Waals surface area contributed by atoms with E-state index >= 15 is 0 Å². The molecule has 0 spiro atoms. The molecule has 2 rings (SSSR count). The van der Waals surface area contributed by atoms with Crippen LogP contribution in [0.1, 0.15) is 37.8 Å². The Labute approximate surface area is 117 Å². The van der Waals surface area contributed by atoms with Crippen LogP contribution < -0.4 is 0 Å². The summed E-state index contributed by atoms with van der Waals surface area (Å²) in [7, 11) is 0. The SMILES string of the molecule is CCc1ccc(CN(C(=O)C(C)Br)C2CC2)cc1. The molecule has 0 radical (unpaired) electrons. The van der Waals surface area contributed by atoms with E-state index in [0.29, 0.717) is 6.04 Å². The smallest absolute Gasteiger partial charge is 0.236 e. The molecule has 0 N–H and O–H groups in total. The maximum atomic E-state index is 12.1. The Kier molecular flexibility index (Phi) is 4.44. The van der Waals surface area contributed by atoms with Crippen LogP contribution in [0.2, 0.25) is 0 Å². The molecule has 2 nitrogen and oxygen atoms in total.